The first-order chi connectivity index (χ1) is 12.2. The lowest BCUT2D eigenvalue weighted by atomic mass is 10.1. The minimum atomic E-state index is 0.271. The van der Waals surface area contributed by atoms with Crippen LogP contribution in [0, 0.1) is 0 Å². The zero-order valence-corrected chi connectivity index (χ0v) is 14.7. The highest BCUT2D eigenvalue weighted by atomic mass is 16.5. The van der Waals surface area contributed by atoms with Crippen LogP contribution in [0.3, 0.4) is 0 Å². The SMILES string of the molecule is CC(=O)CCCCc1cccc(OCc2ccc3ccccc3c2)c1. The first kappa shape index (κ1) is 17.2. The summed E-state index contributed by atoms with van der Waals surface area (Å²) in [4.78, 5) is 11.0. The van der Waals surface area contributed by atoms with E-state index in [4.69, 9.17) is 4.74 Å². The van der Waals surface area contributed by atoms with Crippen LogP contribution in [0.5, 0.6) is 5.75 Å². The molecular weight excluding hydrogens is 308 g/mol. The number of fused-ring (bicyclic) bond motifs is 1. The van der Waals surface area contributed by atoms with Crippen molar-refractivity contribution < 1.29 is 9.53 Å². The van der Waals surface area contributed by atoms with E-state index in [0.717, 1.165) is 25.0 Å². The van der Waals surface area contributed by atoms with Crippen molar-refractivity contribution in [3.8, 4) is 5.75 Å². The van der Waals surface area contributed by atoms with Gasteiger partial charge in [-0.15, -0.1) is 0 Å². The van der Waals surface area contributed by atoms with E-state index in [1.807, 2.05) is 12.1 Å². The first-order valence-electron chi connectivity index (χ1n) is 8.89. The van der Waals surface area contributed by atoms with E-state index in [1.54, 1.807) is 6.92 Å². The number of ether oxygens (including phenoxy) is 1. The maximum absolute atomic E-state index is 11.0. The fourth-order valence-corrected chi connectivity index (χ4v) is 2.99. The molecule has 0 spiro atoms. The molecule has 0 N–H and O–H groups in total. The molecule has 25 heavy (non-hydrogen) atoms. The third kappa shape index (κ3) is 5.18. The molecular formula is C23H24O2. The number of hydrogen-bond donors (Lipinski definition) is 0. The molecule has 0 bridgehead atoms. The Labute approximate surface area is 149 Å². The zero-order chi connectivity index (χ0) is 17.5. The van der Waals surface area contributed by atoms with Gasteiger partial charge in [0.1, 0.15) is 18.1 Å². The highest BCUT2D eigenvalue weighted by Gasteiger charge is 2.01. The Morgan fingerprint density at radius 3 is 2.52 bits per heavy atom. The molecule has 3 aromatic rings. The van der Waals surface area contributed by atoms with Gasteiger partial charge in [0.15, 0.2) is 0 Å². The Kier molecular flexibility index (Phi) is 5.84. The maximum atomic E-state index is 11.0. The molecule has 0 heterocycles. The van der Waals surface area contributed by atoms with Crippen molar-refractivity contribution in [3.63, 3.8) is 0 Å². The quantitative estimate of drug-likeness (QED) is 0.493. The number of carbonyl (C=O) groups excluding carboxylic acids is 1. The standard InChI is InChI=1S/C23H24O2/c1-18(24)7-2-3-8-19-9-6-12-23(16-19)25-17-20-13-14-21-10-4-5-11-22(21)15-20/h4-6,9-16H,2-3,7-8,17H2,1H3. The summed E-state index contributed by atoms with van der Waals surface area (Å²) in [6.45, 7) is 2.22. The van der Waals surface area contributed by atoms with Crippen LogP contribution in [0.25, 0.3) is 10.8 Å². The molecule has 2 nitrogen and oxygen atoms in total. The average Bonchev–Trinajstić information content (AvgIpc) is 2.64. The molecule has 0 saturated carbocycles. The van der Waals surface area contributed by atoms with E-state index in [-0.39, 0.29) is 5.78 Å². The Balaban J connectivity index is 1.56. The average molecular weight is 332 g/mol. The van der Waals surface area contributed by atoms with Gasteiger partial charge < -0.3 is 9.53 Å². The van der Waals surface area contributed by atoms with E-state index in [9.17, 15) is 4.79 Å². The third-order valence-corrected chi connectivity index (χ3v) is 4.36. The van der Waals surface area contributed by atoms with Crippen molar-refractivity contribution in [1.82, 2.24) is 0 Å². The molecule has 0 aromatic heterocycles. The lowest BCUT2D eigenvalue weighted by molar-refractivity contribution is -0.117. The van der Waals surface area contributed by atoms with Crippen LogP contribution in [-0.2, 0) is 17.8 Å². The van der Waals surface area contributed by atoms with Crippen molar-refractivity contribution in [2.45, 2.75) is 39.2 Å². The van der Waals surface area contributed by atoms with Crippen LogP contribution in [0.2, 0.25) is 0 Å². The molecule has 0 radical (unpaired) electrons. The lowest BCUT2D eigenvalue weighted by Gasteiger charge is -2.09. The molecule has 0 aliphatic carbocycles. The summed E-state index contributed by atoms with van der Waals surface area (Å²) in [5.41, 5.74) is 2.44. The summed E-state index contributed by atoms with van der Waals surface area (Å²) in [5.74, 6) is 1.17. The van der Waals surface area contributed by atoms with E-state index in [1.165, 1.54) is 21.9 Å². The van der Waals surface area contributed by atoms with Gasteiger partial charge >= 0.3 is 0 Å². The number of rotatable bonds is 8. The van der Waals surface area contributed by atoms with Gasteiger partial charge in [0.25, 0.3) is 0 Å². The minimum Gasteiger partial charge on any atom is -0.489 e. The Hall–Kier alpha value is -2.61. The van der Waals surface area contributed by atoms with Gasteiger partial charge in [-0.05, 0) is 66.3 Å². The van der Waals surface area contributed by atoms with Gasteiger partial charge in [-0.2, -0.15) is 0 Å². The minimum absolute atomic E-state index is 0.271. The van der Waals surface area contributed by atoms with Gasteiger partial charge in [-0.3, -0.25) is 0 Å². The zero-order valence-electron chi connectivity index (χ0n) is 14.7. The van der Waals surface area contributed by atoms with Crippen LogP contribution >= 0.6 is 0 Å². The van der Waals surface area contributed by atoms with Crippen LogP contribution in [0.1, 0.15) is 37.3 Å². The number of hydrogen-bond acceptors (Lipinski definition) is 2. The molecule has 3 rings (SSSR count). The fourth-order valence-electron chi connectivity index (χ4n) is 2.99. The Morgan fingerprint density at radius 2 is 1.68 bits per heavy atom. The number of unbranched alkanes of at least 4 members (excludes halogenated alkanes) is 1. The number of carbonyl (C=O) groups is 1. The van der Waals surface area contributed by atoms with Crippen LogP contribution < -0.4 is 4.74 Å². The second kappa shape index (κ2) is 8.48. The molecule has 0 aliphatic heterocycles. The van der Waals surface area contributed by atoms with Crippen molar-refractivity contribution in [3.05, 3.63) is 77.9 Å². The van der Waals surface area contributed by atoms with Gasteiger partial charge in [0.05, 0.1) is 0 Å². The van der Waals surface area contributed by atoms with Crippen molar-refractivity contribution in [1.29, 1.82) is 0 Å². The molecule has 0 amide bonds. The monoisotopic (exact) mass is 332 g/mol. The lowest BCUT2D eigenvalue weighted by Crippen LogP contribution is -1.96. The van der Waals surface area contributed by atoms with E-state index >= 15 is 0 Å². The Morgan fingerprint density at radius 1 is 0.840 bits per heavy atom. The van der Waals surface area contributed by atoms with Crippen molar-refractivity contribution in [2.24, 2.45) is 0 Å². The van der Waals surface area contributed by atoms with Gasteiger partial charge in [0.2, 0.25) is 0 Å². The number of Topliss-reactive ketones (excluding diaryl/α,β-unsaturated/α-hetero) is 1. The predicted octanol–water partition coefficient (Wildman–Crippen LogP) is 5.72. The van der Waals surface area contributed by atoms with Gasteiger partial charge in [0, 0.05) is 6.42 Å². The molecule has 128 valence electrons. The number of benzene rings is 3. The molecule has 0 unspecified atom stereocenters. The second-order valence-electron chi connectivity index (χ2n) is 6.53. The predicted molar refractivity (Wildman–Crippen MR) is 103 cm³/mol. The summed E-state index contributed by atoms with van der Waals surface area (Å²) in [5, 5.41) is 2.49. The normalized spacial score (nSPS) is 10.8. The van der Waals surface area contributed by atoms with Gasteiger partial charge in [-0.25, -0.2) is 0 Å². The molecule has 3 aromatic carbocycles. The van der Waals surface area contributed by atoms with Crippen molar-refractivity contribution in [2.75, 3.05) is 0 Å². The summed E-state index contributed by atoms with van der Waals surface area (Å²) in [6, 6.07) is 23.1. The third-order valence-electron chi connectivity index (χ3n) is 4.36. The molecule has 0 saturated heterocycles. The maximum Gasteiger partial charge on any atom is 0.129 e. The molecule has 0 fully saturated rings. The number of ketones is 1. The summed E-state index contributed by atoms with van der Waals surface area (Å²) in [6.07, 6.45) is 3.66. The largest absolute Gasteiger partial charge is 0.489 e. The summed E-state index contributed by atoms with van der Waals surface area (Å²) < 4.78 is 5.97. The highest BCUT2D eigenvalue weighted by molar-refractivity contribution is 5.82. The number of aryl methyl sites for hydroxylation is 1. The van der Waals surface area contributed by atoms with Crippen LogP contribution in [0.15, 0.2) is 66.7 Å². The summed E-state index contributed by atoms with van der Waals surface area (Å²) in [7, 11) is 0. The topological polar surface area (TPSA) is 26.3 Å². The van der Waals surface area contributed by atoms with E-state index in [0.29, 0.717) is 13.0 Å². The molecule has 0 aliphatic rings. The highest BCUT2D eigenvalue weighted by Crippen LogP contribution is 2.19. The van der Waals surface area contributed by atoms with E-state index < -0.39 is 0 Å². The van der Waals surface area contributed by atoms with E-state index in [2.05, 4.69) is 54.6 Å². The molecule has 2 heteroatoms. The second-order valence-corrected chi connectivity index (χ2v) is 6.53. The summed E-state index contributed by atoms with van der Waals surface area (Å²) >= 11 is 0. The van der Waals surface area contributed by atoms with Crippen LogP contribution in [0.4, 0.5) is 0 Å². The Bertz CT molecular complexity index is 851. The van der Waals surface area contributed by atoms with Crippen molar-refractivity contribution >= 4 is 16.6 Å². The van der Waals surface area contributed by atoms with Gasteiger partial charge in [-0.1, -0.05) is 48.5 Å². The molecule has 0 atom stereocenters. The fraction of sp³-hybridized carbons (Fsp3) is 0.261. The van der Waals surface area contributed by atoms with Crippen LogP contribution in [-0.4, -0.2) is 5.78 Å². The smallest absolute Gasteiger partial charge is 0.129 e. The first-order valence-corrected chi connectivity index (χ1v) is 8.89.